The van der Waals surface area contributed by atoms with E-state index in [0.29, 0.717) is 37.9 Å². The van der Waals surface area contributed by atoms with Crippen LogP contribution in [0.4, 0.5) is 13.2 Å². The smallest absolute Gasteiger partial charge is 0.391 e. The van der Waals surface area contributed by atoms with Crippen molar-refractivity contribution in [1.82, 2.24) is 9.80 Å². The predicted octanol–water partition coefficient (Wildman–Crippen LogP) is 2.08. The first-order valence-corrected chi connectivity index (χ1v) is 15.8. The molecule has 1 amide bonds. The molecular weight excluding hydrogens is 607 g/mol. The summed E-state index contributed by atoms with van der Waals surface area (Å²) in [4.78, 5) is 70.5. The van der Waals surface area contributed by atoms with Gasteiger partial charge >= 0.3 is 6.18 Å². The second-order valence-corrected chi connectivity index (χ2v) is 13.8. The average Bonchev–Trinajstić information content (AvgIpc) is 2.98. The molecule has 0 bridgehead atoms. The van der Waals surface area contributed by atoms with Gasteiger partial charge in [0.25, 0.3) is 0 Å². The van der Waals surface area contributed by atoms with Crippen LogP contribution < -0.4 is 5.73 Å². The highest BCUT2D eigenvalue weighted by atomic mass is 19.4. The Labute approximate surface area is 263 Å². The fourth-order valence-electron chi connectivity index (χ4n) is 8.93. The fourth-order valence-corrected chi connectivity index (χ4v) is 8.93. The third-order valence-corrected chi connectivity index (χ3v) is 11.2. The molecule has 5 aliphatic rings. The molecule has 6 rings (SSSR count). The summed E-state index contributed by atoms with van der Waals surface area (Å²) in [6.07, 6.45) is -0.303. The molecule has 3 fully saturated rings. The molecule has 3 saturated carbocycles. The van der Waals surface area contributed by atoms with Gasteiger partial charge in [-0.25, -0.2) is 0 Å². The van der Waals surface area contributed by atoms with Crippen LogP contribution in [0.2, 0.25) is 0 Å². The molecule has 0 saturated heterocycles. The van der Waals surface area contributed by atoms with E-state index in [2.05, 4.69) is 4.90 Å². The number of halogens is 3. The lowest BCUT2D eigenvalue weighted by Gasteiger charge is -2.52. The second-order valence-electron chi connectivity index (χ2n) is 13.8. The van der Waals surface area contributed by atoms with Gasteiger partial charge in [0.15, 0.2) is 34.7 Å². The van der Waals surface area contributed by atoms with Gasteiger partial charge in [0.1, 0.15) is 5.75 Å². The zero-order chi connectivity index (χ0) is 33.5. The first kappa shape index (κ1) is 32.5. The third kappa shape index (κ3) is 4.93. The van der Waals surface area contributed by atoms with Crippen LogP contribution in [0.25, 0.3) is 5.57 Å². The molecular formula is C33H38F3N3O7. The summed E-state index contributed by atoms with van der Waals surface area (Å²) in [5.74, 6) is -12.2. The normalized spacial score (nSPS) is 35.4. The SMILES string of the molecule is CN(C)[C@@H]1C(=O)C(C(N)=O)C(=O)[C@@]2(O)C(=O)C3C(=O)c4c(O)ccc(C5=CCN(C6CCC(C(F)(F)F)CC6)CC5)c4C[C@H]3C[C@@H]12. The first-order chi connectivity index (χ1) is 21.6. The molecule has 4 N–H and O–H groups in total. The Bertz CT molecular complexity index is 1550. The maximum absolute atomic E-state index is 14.0. The Hall–Kier alpha value is -3.42. The number of primary amides is 1. The standard InChI is InChI=1S/C33H38F3N3O7/c1-38(2)26-21-14-16-13-20-19(15-9-11-39(12-10-15)18-5-3-17(4-6-18)33(34,35)36)7-8-22(40)24(20)27(41)23(16)29(43)32(21,46)30(44)25(28(26)42)31(37)45/h7-9,16-18,21,23,25-26,40,46H,3-6,10-14H2,1-2H3,(H2,37,45)/t16-,17?,18?,21-,23?,25?,26-,32-/m0/s1. The number of carbonyl (C=O) groups is 5. The molecule has 2 unspecified atom stereocenters. The fraction of sp³-hybridized carbons (Fsp3) is 0.606. The minimum absolute atomic E-state index is 0.0353. The molecule has 0 aromatic heterocycles. The van der Waals surface area contributed by atoms with Crippen molar-refractivity contribution in [2.45, 2.75) is 68.8 Å². The topological polar surface area (TPSA) is 158 Å². The van der Waals surface area contributed by atoms with Gasteiger partial charge in [-0.3, -0.25) is 33.8 Å². The predicted molar refractivity (Wildman–Crippen MR) is 157 cm³/mol. The number of rotatable bonds is 4. The largest absolute Gasteiger partial charge is 0.507 e. The number of hydrogen-bond acceptors (Lipinski definition) is 9. The number of phenolic OH excluding ortho intramolecular Hbond substituents is 1. The molecule has 1 heterocycles. The van der Waals surface area contributed by atoms with Crippen molar-refractivity contribution in [3.63, 3.8) is 0 Å². The van der Waals surface area contributed by atoms with Crippen molar-refractivity contribution in [3.05, 3.63) is 34.9 Å². The minimum Gasteiger partial charge on any atom is -0.507 e. The van der Waals surface area contributed by atoms with Crippen LogP contribution in [0, 0.1) is 29.6 Å². The lowest BCUT2D eigenvalue weighted by molar-refractivity contribution is -0.184. The monoisotopic (exact) mass is 645 g/mol. The van der Waals surface area contributed by atoms with Crippen molar-refractivity contribution in [2.24, 2.45) is 35.3 Å². The van der Waals surface area contributed by atoms with E-state index in [1.807, 2.05) is 6.08 Å². The van der Waals surface area contributed by atoms with Crippen LogP contribution in [0.5, 0.6) is 5.75 Å². The molecule has 248 valence electrons. The van der Waals surface area contributed by atoms with Gasteiger partial charge in [-0.15, -0.1) is 0 Å². The molecule has 6 atom stereocenters. The molecule has 0 spiro atoms. The third-order valence-electron chi connectivity index (χ3n) is 11.2. The van der Waals surface area contributed by atoms with Crippen molar-refractivity contribution >= 4 is 34.6 Å². The van der Waals surface area contributed by atoms with E-state index in [1.165, 1.54) is 25.1 Å². The zero-order valence-electron chi connectivity index (χ0n) is 25.7. The maximum Gasteiger partial charge on any atom is 0.391 e. The van der Waals surface area contributed by atoms with E-state index >= 15 is 0 Å². The highest BCUT2D eigenvalue weighted by Crippen LogP contribution is 2.51. The van der Waals surface area contributed by atoms with Crippen molar-refractivity contribution in [2.75, 3.05) is 27.2 Å². The Morgan fingerprint density at radius 2 is 1.74 bits per heavy atom. The number of likely N-dealkylation sites (N-methyl/N-ethyl adjacent to an activating group) is 1. The van der Waals surface area contributed by atoms with Crippen LogP contribution in [0.1, 0.15) is 60.0 Å². The van der Waals surface area contributed by atoms with E-state index < -0.39 is 76.4 Å². The Morgan fingerprint density at radius 3 is 2.30 bits per heavy atom. The molecule has 0 radical (unpaired) electrons. The molecule has 1 aromatic carbocycles. The summed E-state index contributed by atoms with van der Waals surface area (Å²) < 4.78 is 39.5. The second kappa shape index (κ2) is 11.4. The van der Waals surface area contributed by atoms with E-state index in [4.69, 9.17) is 5.73 Å². The number of amides is 1. The number of aliphatic hydroxyl groups is 1. The van der Waals surface area contributed by atoms with Crippen LogP contribution >= 0.6 is 0 Å². The summed E-state index contributed by atoms with van der Waals surface area (Å²) in [5.41, 5.74) is 4.71. The maximum atomic E-state index is 14.0. The number of benzene rings is 1. The highest BCUT2D eigenvalue weighted by Gasteiger charge is 2.69. The van der Waals surface area contributed by atoms with Crippen LogP contribution in [-0.4, -0.2) is 100 Å². The van der Waals surface area contributed by atoms with Gasteiger partial charge in [0, 0.05) is 25.0 Å². The zero-order valence-corrected chi connectivity index (χ0v) is 25.7. The van der Waals surface area contributed by atoms with Gasteiger partial charge in [0.05, 0.1) is 23.4 Å². The molecule has 4 aliphatic carbocycles. The van der Waals surface area contributed by atoms with Gasteiger partial charge in [-0.1, -0.05) is 12.1 Å². The Kier molecular flexibility index (Phi) is 8.04. The Balaban J connectivity index is 1.30. The van der Waals surface area contributed by atoms with Crippen LogP contribution in [0.15, 0.2) is 18.2 Å². The van der Waals surface area contributed by atoms with Crippen LogP contribution in [-0.2, 0) is 25.6 Å². The van der Waals surface area contributed by atoms with E-state index in [-0.39, 0.29) is 43.0 Å². The number of hydrogen-bond donors (Lipinski definition) is 3. The first-order valence-electron chi connectivity index (χ1n) is 15.8. The average molecular weight is 646 g/mol. The van der Waals surface area contributed by atoms with E-state index in [0.717, 1.165) is 11.1 Å². The summed E-state index contributed by atoms with van der Waals surface area (Å²) in [7, 11) is 3.07. The molecule has 1 aliphatic heterocycles. The van der Waals surface area contributed by atoms with Crippen LogP contribution in [0.3, 0.4) is 0 Å². The number of carbonyl (C=O) groups excluding carboxylic acids is 5. The lowest BCUT2D eigenvalue weighted by Crippen LogP contribution is -2.74. The number of Topliss-reactive ketones (excluding diaryl/α,β-unsaturated/α-hetero) is 4. The molecule has 13 heteroatoms. The minimum atomic E-state index is -4.17. The Morgan fingerprint density at radius 1 is 1.07 bits per heavy atom. The number of nitrogens with two attached hydrogens (primary N) is 1. The van der Waals surface area contributed by atoms with E-state index in [9.17, 15) is 47.4 Å². The quantitative estimate of drug-likeness (QED) is 0.417. The van der Waals surface area contributed by atoms with Gasteiger partial charge < -0.3 is 15.9 Å². The summed E-state index contributed by atoms with van der Waals surface area (Å²) >= 11 is 0. The molecule has 1 aromatic rings. The number of nitrogens with zero attached hydrogens (tertiary/aromatic N) is 2. The number of phenols is 1. The van der Waals surface area contributed by atoms with Crippen molar-refractivity contribution < 1.29 is 47.4 Å². The molecule has 46 heavy (non-hydrogen) atoms. The van der Waals surface area contributed by atoms with E-state index in [1.54, 1.807) is 6.07 Å². The number of aromatic hydroxyl groups is 1. The van der Waals surface area contributed by atoms with Crippen molar-refractivity contribution in [3.8, 4) is 5.75 Å². The summed E-state index contributed by atoms with van der Waals surface area (Å²) in [5, 5.41) is 22.6. The number of ketones is 4. The highest BCUT2D eigenvalue weighted by molar-refractivity contribution is 6.32. The summed E-state index contributed by atoms with van der Waals surface area (Å²) in [6.45, 7) is 1.14. The molecule has 10 nitrogen and oxygen atoms in total. The number of alkyl halides is 3. The summed E-state index contributed by atoms with van der Waals surface area (Å²) in [6, 6.07) is 1.97. The van der Waals surface area contributed by atoms with Gasteiger partial charge in [-0.05, 0) is 87.7 Å². The van der Waals surface area contributed by atoms with Gasteiger partial charge in [0.2, 0.25) is 5.91 Å². The lowest BCUT2D eigenvalue weighted by atomic mass is 9.52. The number of fused-ring (bicyclic) bond motifs is 3. The van der Waals surface area contributed by atoms with Crippen molar-refractivity contribution in [1.29, 1.82) is 0 Å². The van der Waals surface area contributed by atoms with Gasteiger partial charge in [-0.2, -0.15) is 13.2 Å².